The van der Waals surface area contributed by atoms with Crippen LogP contribution in [0.5, 0.6) is 5.75 Å². The molecule has 1 saturated heterocycles. The molecule has 1 fully saturated rings. The molecule has 2 aromatic heterocycles. The number of nitrogens with two attached hydrogens (primary N) is 1. The number of nitrogens with one attached hydrogen (secondary N) is 2. The summed E-state index contributed by atoms with van der Waals surface area (Å²) in [7, 11) is -1.92. The molecular formula is C22H23N7O3S. The van der Waals surface area contributed by atoms with Gasteiger partial charge in [-0.15, -0.1) is 0 Å². The molecule has 1 aliphatic rings. The molecule has 170 valence electrons. The Hall–Kier alpha value is -3.70. The van der Waals surface area contributed by atoms with Crippen molar-refractivity contribution in [3.8, 4) is 17.0 Å². The normalized spacial score (nSPS) is 14.6. The monoisotopic (exact) mass is 465 g/mol. The second-order valence-corrected chi connectivity index (χ2v) is 9.68. The van der Waals surface area contributed by atoms with Gasteiger partial charge in [0.25, 0.3) is 0 Å². The molecule has 0 radical (unpaired) electrons. The third-order valence-electron chi connectivity index (χ3n) is 5.64. The van der Waals surface area contributed by atoms with E-state index < -0.39 is 10.0 Å². The Kier molecular flexibility index (Phi) is 5.35. The maximum Gasteiger partial charge on any atom is 0.243 e. The van der Waals surface area contributed by atoms with E-state index in [1.54, 1.807) is 37.6 Å². The van der Waals surface area contributed by atoms with E-state index in [1.165, 1.54) is 4.31 Å². The lowest BCUT2D eigenvalue weighted by Crippen LogP contribution is -2.27. The smallest absolute Gasteiger partial charge is 0.243 e. The highest BCUT2D eigenvalue weighted by molar-refractivity contribution is 7.89. The van der Waals surface area contributed by atoms with Crippen LogP contribution >= 0.6 is 0 Å². The van der Waals surface area contributed by atoms with Gasteiger partial charge in [-0.2, -0.15) is 14.4 Å². The summed E-state index contributed by atoms with van der Waals surface area (Å²) in [4.78, 5) is 8.95. The Labute approximate surface area is 190 Å². The fraction of sp³-hybridized carbons (Fsp3) is 0.227. The zero-order valence-corrected chi connectivity index (χ0v) is 18.8. The summed E-state index contributed by atoms with van der Waals surface area (Å²) in [6, 6.07) is 12.2. The number of aromatic nitrogens is 4. The van der Waals surface area contributed by atoms with Crippen molar-refractivity contribution in [2.75, 3.05) is 31.2 Å². The highest BCUT2D eigenvalue weighted by atomic mass is 32.2. The van der Waals surface area contributed by atoms with E-state index in [9.17, 15) is 8.42 Å². The van der Waals surface area contributed by atoms with E-state index in [2.05, 4.69) is 25.5 Å². The average molecular weight is 466 g/mol. The quantitative estimate of drug-likeness (QED) is 0.395. The number of fused-ring (bicyclic) bond motifs is 1. The molecule has 10 nitrogen and oxygen atoms in total. The maximum absolute atomic E-state index is 12.9. The number of nitrogens with zero attached hydrogens (tertiary/aromatic N) is 4. The first kappa shape index (κ1) is 21.2. The van der Waals surface area contributed by atoms with Crippen molar-refractivity contribution in [1.29, 1.82) is 0 Å². The zero-order valence-electron chi connectivity index (χ0n) is 17.9. The van der Waals surface area contributed by atoms with Crippen molar-refractivity contribution in [3.05, 3.63) is 48.7 Å². The molecule has 0 bridgehead atoms. The summed E-state index contributed by atoms with van der Waals surface area (Å²) in [5.74, 6) is 1.20. The maximum atomic E-state index is 12.9. The van der Waals surface area contributed by atoms with E-state index in [-0.39, 0.29) is 16.7 Å². The fourth-order valence-electron chi connectivity index (χ4n) is 3.90. The van der Waals surface area contributed by atoms with Crippen LogP contribution in [-0.2, 0) is 10.0 Å². The Balaban J connectivity index is 1.42. The van der Waals surface area contributed by atoms with Gasteiger partial charge in [0.2, 0.25) is 16.0 Å². The number of methoxy groups -OCH3 is 1. The number of hydrogen-bond acceptors (Lipinski definition) is 8. The highest BCUT2D eigenvalue weighted by Crippen LogP contribution is 2.32. The van der Waals surface area contributed by atoms with Crippen LogP contribution in [0.3, 0.4) is 0 Å². The molecule has 0 aliphatic carbocycles. The molecule has 0 amide bonds. The van der Waals surface area contributed by atoms with E-state index in [1.807, 2.05) is 18.2 Å². The minimum Gasteiger partial charge on any atom is -0.497 e. The molecule has 0 unspecified atom stereocenters. The van der Waals surface area contributed by atoms with Gasteiger partial charge in [0.05, 0.1) is 23.1 Å². The summed E-state index contributed by atoms with van der Waals surface area (Å²) in [6.45, 7) is 1.10. The molecule has 5 rings (SSSR count). The predicted molar refractivity (Wildman–Crippen MR) is 126 cm³/mol. The Morgan fingerprint density at radius 3 is 2.73 bits per heavy atom. The molecular weight excluding hydrogens is 442 g/mol. The van der Waals surface area contributed by atoms with Crippen molar-refractivity contribution < 1.29 is 13.2 Å². The molecule has 0 saturated carbocycles. The number of ether oxygens (including phenoxy) is 1. The second kappa shape index (κ2) is 8.34. The minimum atomic E-state index is -3.52. The lowest BCUT2D eigenvalue weighted by Gasteiger charge is -2.16. The van der Waals surface area contributed by atoms with Crippen molar-refractivity contribution in [2.24, 2.45) is 0 Å². The Morgan fingerprint density at radius 1 is 1.15 bits per heavy atom. The van der Waals surface area contributed by atoms with Crippen LogP contribution in [0.1, 0.15) is 12.8 Å². The van der Waals surface area contributed by atoms with Crippen LogP contribution in [0, 0.1) is 0 Å². The predicted octanol–water partition coefficient (Wildman–Crippen LogP) is 3.14. The van der Waals surface area contributed by atoms with Gasteiger partial charge in [0.1, 0.15) is 17.3 Å². The minimum absolute atomic E-state index is 0.232. The fourth-order valence-corrected chi connectivity index (χ4v) is 5.47. The van der Waals surface area contributed by atoms with Gasteiger partial charge in [0, 0.05) is 30.4 Å². The first-order valence-corrected chi connectivity index (χ1v) is 11.9. The van der Waals surface area contributed by atoms with Gasteiger partial charge in [-0.3, -0.25) is 5.10 Å². The molecule has 0 spiro atoms. The van der Waals surface area contributed by atoms with Gasteiger partial charge in [-0.1, -0.05) is 6.07 Å². The van der Waals surface area contributed by atoms with E-state index in [4.69, 9.17) is 10.5 Å². The first-order valence-electron chi connectivity index (χ1n) is 10.5. The van der Waals surface area contributed by atoms with E-state index in [0.717, 1.165) is 23.7 Å². The largest absolute Gasteiger partial charge is 0.497 e. The summed E-state index contributed by atoms with van der Waals surface area (Å²) < 4.78 is 32.5. The summed E-state index contributed by atoms with van der Waals surface area (Å²) in [5.41, 5.74) is 8.81. The molecule has 1 aliphatic heterocycles. The molecule has 4 aromatic rings. The van der Waals surface area contributed by atoms with Gasteiger partial charge >= 0.3 is 0 Å². The van der Waals surface area contributed by atoms with Crippen LogP contribution < -0.4 is 15.8 Å². The molecule has 0 atom stereocenters. The average Bonchev–Trinajstić information content (AvgIpc) is 3.50. The number of sulfonamides is 1. The number of rotatable bonds is 6. The van der Waals surface area contributed by atoms with Crippen LogP contribution in [0.4, 0.5) is 17.5 Å². The SMILES string of the molecule is COc1ccc2[nH]nc(-c3cnc(Nc4cccc(S(=O)(=O)N5CCCC5)c4)nc3N)c2c1. The van der Waals surface area contributed by atoms with Crippen molar-refractivity contribution in [2.45, 2.75) is 17.7 Å². The summed E-state index contributed by atoms with van der Waals surface area (Å²) in [5, 5.41) is 11.2. The highest BCUT2D eigenvalue weighted by Gasteiger charge is 2.27. The van der Waals surface area contributed by atoms with Crippen LogP contribution in [0.15, 0.2) is 53.6 Å². The standard InChI is InChI=1S/C22H23N7O3S/c1-32-15-7-8-19-17(12-15)20(28-27-19)18-13-24-22(26-21(18)23)25-14-5-4-6-16(11-14)33(30,31)29-9-2-3-10-29/h4-8,11-13H,2-3,9-10H2,1H3,(H,27,28)(H3,23,24,25,26). The first-order chi connectivity index (χ1) is 16.0. The van der Waals surface area contributed by atoms with Crippen molar-refractivity contribution in [1.82, 2.24) is 24.5 Å². The molecule has 33 heavy (non-hydrogen) atoms. The van der Waals surface area contributed by atoms with Crippen molar-refractivity contribution >= 4 is 38.4 Å². The summed E-state index contributed by atoms with van der Waals surface area (Å²) >= 11 is 0. The van der Waals surface area contributed by atoms with Gasteiger partial charge in [0.15, 0.2) is 0 Å². The van der Waals surface area contributed by atoms with Gasteiger partial charge < -0.3 is 15.8 Å². The Morgan fingerprint density at radius 2 is 1.97 bits per heavy atom. The lowest BCUT2D eigenvalue weighted by molar-refractivity contribution is 0.415. The number of benzene rings is 2. The van der Waals surface area contributed by atoms with Crippen LogP contribution in [0.25, 0.3) is 22.2 Å². The van der Waals surface area contributed by atoms with Crippen LogP contribution in [-0.4, -0.2) is 53.1 Å². The van der Waals surface area contributed by atoms with Gasteiger partial charge in [-0.25, -0.2) is 13.4 Å². The lowest BCUT2D eigenvalue weighted by atomic mass is 10.1. The molecule has 4 N–H and O–H groups in total. The third-order valence-corrected chi connectivity index (χ3v) is 7.53. The third kappa shape index (κ3) is 3.96. The molecule has 2 aromatic carbocycles. The van der Waals surface area contributed by atoms with Crippen molar-refractivity contribution in [3.63, 3.8) is 0 Å². The zero-order chi connectivity index (χ0) is 23.0. The van der Waals surface area contributed by atoms with E-state index in [0.29, 0.717) is 35.8 Å². The van der Waals surface area contributed by atoms with Gasteiger partial charge in [-0.05, 0) is 49.2 Å². The number of anilines is 3. The topological polar surface area (TPSA) is 139 Å². The number of H-pyrrole nitrogens is 1. The second-order valence-electron chi connectivity index (χ2n) is 7.74. The molecule has 11 heteroatoms. The number of nitrogen functional groups attached to an aromatic ring is 1. The molecule has 3 heterocycles. The number of hydrogen-bond donors (Lipinski definition) is 3. The van der Waals surface area contributed by atoms with Crippen LogP contribution in [0.2, 0.25) is 0 Å². The Bertz CT molecular complexity index is 1430. The number of aromatic amines is 1. The van der Waals surface area contributed by atoms with E-state index >= 15 is 0 Å². The summed E-state index contributed by atoms with van der Waals surface area (Å²) in [6.07, 6.45) is 3.36.